The molecule has 0 bridgehead atoms. The van der Waals surface area contributed by atoms with E-state index in [1.807, 2.05) is 13.1 Å². The van der Waals surface area contributed by atoms with Crippen molar-refractivity contribution < 1.29 is 13.9 Å². The third-order valence-electron chi connectivity index (χ3n) is 4.68. The summed E-state index contributed by atoms with van der Waals surface area (Å²) in [5, 5.41) is 0. The molecule has 0 unspecified atom stereocenters. The maximum atomic E-state index is 14.0. The molecule has 4 heteroatoms. The number of halogens is 1. The zero-order chi connectivity index (χ0) is 17.6. The molecular weight excluding hydrogens is 317 g/mol. The molecule has 0 spiro atoms. The first-order valence-electron chi connectivity index (χ1n) is 8.87. The molecule has 2 aromatic carbocycles. The minimum absolute atomic E-state index is 0.0365. The fraction of sp³-hybridized carbons (Fsp3) is 0.381. The Bertz CT molecular complexity index is 725. The van der Waals surface area contributed by atoms with Crippen LogP contribution in [0.5, 0.6) is 0 Å². The Hall–Kier alpha value is -2.20. The molecule has 0 aliphatic carbocycles. The van der Waals surface area contributed by atoms with Gasteiger partial charge in [0.2, 0.25) is 0 Å². The molecule has 3 rings (SSSR count). The second kappa shape index (κ2) is 8.26. The number of amides is 1. The SMILES string of the molecule is CN(CCC[C@@H]1CCCO1)C(=O)c1cccc(-c2ccccc2F)c1. The summed E-state index contributed by atoms with van der Waals surface area (Å²) in [7, 11) is 1.81. The highest BCUT2D eigenvalue weighted by molar-refractivity contribution is 5.95. The average molecular weight is 341 g/mol. The van der Waals surface area contributed by atoms with Crippen molar-refractivity contribution in [2.24, 2.45) is 0 Å². The summed E-state index contributed by atoms with van der Waals surface area (Å²) in [5.74, 6) is -0.317. The molecule has 1 saturated heterocycles. The summed E-state index contributed by atoms with van der Waals surface area (Å²) >= 11 is 0. The summed E-state index contributed by atoms with van der Waals surface area (Å²) in [6.45, 7) is 1.56. The smallest absolute Gasteiger partial charge is 0.253 e. The van der Waals surface area contributed by atoms with Gasteiger partial charge in [0, 0.05) is 31.3 Å². The molecule has 1 heterocycles. The van der Waals surface area contributed by atoms with Crippen molar-refractivity contribution in [3.63, 3.8) is 0 Å². The predicted octanol–water partition coefficient (Wildman–Crippen LogP) is 4.52. The molecule has 2 aromatic rings. The summed E-state index contributed by atoms with van der Waals surface area (Å²) < 4.78 is 19.6. The first kappa shape index (κ1) is 17.6. The highest BCUT2D eigenvalue weighted by Gasteiger charge is 2.17. The predicted molar refractivity (Wildman–Crippen MR) is 97.0 cm³/mol. The molecule has 0 saturated carbocycles. The van der Waals surface area contributed by atoms with Crippen molar-refractivity contribution in [3.05, 3.63) is 59.9 Å². The van der Waals surface area contributed by atoms with Crippen LogP contribution in [0.3, 0.4) is 0 Å². The summed E-state index contributed by atoms with van der Waals surface area (Å²) in [6.07, 6.45) is 4.55. The van der Waals surface area contributed by atoms with Gasteiger partial charge in [-0.15, -0.1) is 0 Å². The standard InChI is InChI=1S/C21H24FNO2/c1-23(13-5-9-18-10-6-14-25-18)21(24)17-8-4-7-16(15-17)19-11-2-3-12-20(19)22/h2-4,7-8,11-12,15,18H,5-6,9-10,13-14H2,1H3/t18-/m1/s1. The zero-order valence-corrected chi connectivity index (χ0v) is 14.6. The lowest BCUT2D eigenvalue weighted by atomic mass is 10.0. The second-order valence-electron chi connectivity index (χ2n) is 6.56. The van der Waals surface area contributed by atoms with E-state index in [2.05, 4.69) is 0 Å². The van der Waals surface area contributed by atoms with E-state index in [-0.39, 0.29) is 11.7 Å². The van der Waals surface area contributed by atoms with Crippen LogP contribution in [-0.2, 0) is 4.74 Å². The number of carbonyl (C=O) groups excluding carboxylic acids is 1. The first-order valence-corrected chi connectivity index (χ1v) is 8.87. The molecule has 25 heavy (non-hydrogen) atoms. The maximum Gasteiger partial charge on any atom is 0.253 e. The molecule has 1 aliphatic rings. The van der Waals surface area contributed by atoms with Crippen LogP contribution in [0.4, 0.5) is 4.39 Å². The Morgan fingerprint density at radius 2 is 2.08 bits per heavy atom. The number of ether oxygens (including phenoxy) is 1. The van der Waals surface area contributed by atoms with Gasteiger partial charge >= 0.3 is 0 Å². The third kappa shape index (κ3) is 4.45. The van der Waals surface area contributed by atoms with Crippen LogP contribution in [0, 0.1) is 5.82 Å². The van der Waals surface area contributed by atoms with E-state index in [4.69, 9.17) is 4.74 Å². The number of hydrogen-bond acceptors (Lipinski definition) is 2. The number of benzene rings is 2. The van der Waals surface area contributed by atoms with Crippen LogP contribution in [0.1, 0.15) is 36.0 Å². The van der Waals surface area contributed by atoms with Gasteiger partial charge in [0.25, 0.3) is 5.91 Å². The Morgan fingerprint density at radius 3 is 2.84 bits per heavy atom. The van der Waals surface area contributed by atoms with E-state index in [0.717, 1.165) is 37.9 Å². The van der Waals surface area contributed by atoms with Gasteiger partial charge in [0.15, 0.2) is 0 Å². The topological polar surface area (TPSA) is 29.5 Å². The van der Waals surface area contributed by atoms with Crippen LogP contribution in [0.2, 0.25) is 0 Å². The Kier molecular flexibility index (Phi) is 5.82. The minimum atomic E-state index is -0.281. The lowest BCUT2D eigenvalue weighted by molar-refractivity contribution is 0.0763. The number of hydrogen-bond donors (Lipinski definition) is 0. The van der Waals surface area contributed by atoms with E-state index in [1.54, 1.807) is 41.3 Å². The molecule has 3 nitrogen and oxygen atoms in total. The molecule has 1 fully saturated rings. The Morgan fingerprint density at radius 1 is 1.24 bits per heavy atom. The Labute approximate surface area is 148 Å². The van der Waals surface area contributed by atoms with Crippen molar-refractivity contribution in [1.82, 2.24) is 4.90 Å². The van der Waals surface area contributed by atoms with E-state index in [0.29, 0.717) is 23.8 Å². The first-order chi connectivity index (χ1) is 12.1. The lowest BCUT2D eigenvalue weighted by Crippen LogP contribution is -2.28. The van der Waals surface area contributed by atoms with Crippen molar-refractivity contribution >= 4 is 5.91 Å². The maximum absolute atomic E-state index is 14.0. The van der Waals surface area contributed by atoms with Gasteiger partial charge in [-0.2, -0.15) is 0 Å². The van der Waals surface area contributed by atoms with Crippen molar-refractivity contribution in [3.8, 4) is 11.1 Å². The highest BCUT2D eigenvalue weighted by atomic mass is 19.1. The van der Waals surface area contributed by atoms with Gasteiger partial charge in [-0.1, -0.05) is 30.3 Å². The molecule has 1 atom stereocenters. The molecule has 1 amide bonds. The van der Waals surface area contributed by atoms with Gasteiger partial charge < -0.3 is 9.64 Å². The number of carbonyl (C=O) groups is 1. The average Bonchev–Trinajstić information content (AvgIpc) is 3.15. The molecule has 132 valence electrons. The van der Waals surface area contributed by atoms with Gasteiger partial charge in [0.1, 0.15) is 5.82 Å². The van der Waals surface area contributed by atoms with Gasteiger partial charge in [0.05, 0.1) is 6.10 Å². The van der Waals surface area contributed by atoms with Crippen LogP contribution in [0.25, 0.3) is 11.1 Å². The van der Waals surface area contributed by atoms with Crippen LogP contribution >= 0.6 is 0 Å². The molecule has 1 aliphatic heterocycles. The van der Waals surface area contributed by atoms with Gasteiger partial charge in [-0.05, 0) is 49.4 Å². The van der Waals surface area contributed by atoms with E-state index >= 15 is 0 Å². The Balaban J connectivity index is 1.63. The van der Waals surface area contributed by atoms with Gasteiger partial charge in [-0.25, -0.2) is 4.39 Å². The van der Waals surface area contributed by atoms with Crippen LogP contribution < -0.4 is 0 Å². The normalized spacial score (nSPS) is 16.8. The molecule has 0 aromatic heterocycles. The lowest BCUT2D eigenvalue weighted by Gasteiger charge is -2.18. The summed E-state index contributed by atoms with van der Waals surface area (Å²) in [4.78, 5) is 14.4. The van der Waals surface area contributed by atoms with Crippen molar-refractivity contribution in [2.75, 3.05) is 20.2 Å². The van der Waals surface area contributed by atoms with E-state index in [1.165, 1.54) is 6.07 Å². The van der Waals surface area contributed by atoms with Crippen molar-refractivity contribution in [1.29, 1.82) is 0 Å². The zero-order valence-electron chi connectivity index (χ0n) is 14.6. The van der Waals surface area contributed by atoms with Gasteiger partial charge in [-0.3, -0.25) is 4.79 Å². The molecule has 0 N–H and O–H groups in total. The largest absolute Gasteiger partial charge is 0.378 e. The summed E-state index contributed by atoms with van der Waals surface area (Å²) in [5.41, 5.74) is 1.82. The fourth-order valence-electron chi connectivity index (χ4n) is 3.27. The van der Waals surface area contributed by atoms with Crippen LogP contribution in [0.15, 0.2) is 48.5 Å². The fourth-order valence-corrected chi connectivity index (χ4v) is 3.27. The van der Waals surface area contributed by atoms with E-state index < -0.39 is 0 Å². The minimum Gasteiger partial charge on any atom is -0.378 e. The monoisotopic (exact) mass is 341 g/mol. The highest BCUT2D eigenvalue weighted by Crippen LogP contribution is 2.24. The van der Waals surface area contributed by atoms with Crippen molar-refractivity contribution in [2.45, 2.75) is 31.8 Å². The van der Waals surface area contributed by atoms with E-state index in [9.17, 15) is 9.18 Å². The second-order valence-corrected chi connectivity index (χ2v) is 6.56. The number of nitrogens with zero attached hydrogens (tertiary/aromatic N) is 1. The van der Waals surface area contributed by atoms with Crippen LogP contribution in [-0.4, -0.2) is 37.1 Å². The molecule has 0 radical (unpaired) electrons. The quantitative estimate of drug-likeness (QED) is 0.773. The third-order valence-corrected chi connectivity index (χ3v) is 4.68. The molecular formula is C21H24FNO2. The number of rotatable bonds is 6. The summed E-state index contributed by atoms with van der Waals surface area (Å²) in [6, 6.07) is 13.8.